The van der Waals surface area contributed by atoms with E-state index in [-0.39, 0.29) is 17.2 Å². The molecule has 0 aliphatic rings. The molecule has 0 aliphatic carbocycles. The summed E-state index contributed by atoms with van der Waals surface area (Å²) in [4.78, 5) is 24.5. The van der Waals surface area contributed by atoms with Crippen molar-refractivity contribution in [1.82, 2.24) is 15.1 Å². The van der Waals surface area contributed by atoms with Gasteiger partial charge in [-0.25, -0.2) is 4.68 Å². The first-order valence-corrected chi connectivity index (χ1v) is 7.53. The highest BCUT2D eigenvalue weighted by atomic mass is 16.5. The summed E-state index contributed by atoms with van der Waals surface area (Å²) in [6.45, 7) is 4.11. The molecule has 0 bridgehead atoms. The summed E-state index contributed by atoms with van der Waals surface area (Å²) in [5.41, 5.74) is 0.957. The molecular weight excluding hydrogens is 294 g/mol. The number of methoxy groups -OCH3 is 1. The summed E-state index contributed by atoms with van der Waals surface area (Å²) in [5, 5.41) is 7.02. The SMILES string of the molecule is CCC(COC)NC(=O)c1nn(-c2ccccc2)c(C)cc1=O. The minimum atomic E-state index is -0.483. The molecule has 6 heteroatoms. The van der Waals surface area contributed by atoms with Crippen molar-refractivity contribution in [2.24, 2.45) is 0 Å². The molecule has 0 aliphatic heterocycles. The zero-order valence-electron chi connectivity index (χ0n) is 13.6. The number of carbonyl (C=O) groups is 1. The summed E-state index contributed by atoms with van der Waals surface area (Å²) in [7, 11) is 1.57. The number of benzene rings is 1. The highest BCUT2D eigenvalue weighted by Gasteiger charge is 2.18. The van der Waals surface area contributed by atoms with E-state index in [2.05, 4.69) is 10.4 Å². The zero-order valence-corrected chi connectivity index (χ0v) is 13.6. The summed E-state index contributed by atoms with van der Waals surface area (Å²) in [5.74, 6) is -0.483. The van der Waals surface area contributed by atoms with E-state index < -0.39 is 5.91 Å². The van der Waals surface area contributed by atoms with Crippen LogP contribution in [0, 0.1) is 6.92 Å². The van der Waals surface area contributed by atoms with Crippen molar-refractivity contribution in [2.75, 3.05) is 13.7 Å². The lowest BCUT2D eigenvalue weighted by molar-refractivity contribution is 0.0886. The Morgan fingerprint density at radius 2 is 2.04 bits per heavy atom. The molecule has 1 heterocycles. The van der Waals surface area contributed by atoms with Crippen LogP contribution in [0.5, 0.6) is 0 Å². The highest BCUT2D eigenvalue weighted by molar-refractivity contribution is 5.92. The molecule has 1 atom stereocenters. The van der Waals surface area contributed by atoms with Gasteiger partial charge in [0.05, 0.1) is 18.3 Å². The van der Waals surface area contributed by atoms with E-state index in [1.54, 1.807) is 18.7 Å². The van der Waals surface area contributed by atoms with E-state index in [4.69, 9.17) is 4.74 Å². The lowest BCUT2D eigenvalue weighted by Gasteiger charge is -2.16. The number of rotatable bonds is 6. The largest absolute Gasteiger partial charge is 0.383 e. The molecule has 0 fully saturated rings. The Labute approximate surface area is 135 Å². The summed E-state index contributed by atoms with van der Waals surface area (Å²) in [6.07, 6.45) is 0.707. The van der Waals surface area contributed by atoms with Gasteiger partial charge < -0.3 is 10.1 Å². The molecule has 6 nitrogen and oxygen atoms in total. The van der Waals surface area contributed by atoms with Gasteiger partial charge in [0, 0.05) is 18.9 Å². The number of nitrogens with zero attached hydrogens (tertiary/aromatic N) is 2. The zero-order chi connectivity index (χ0) is 16.8. The second-order valence-electron chi connectivity index (χ2n) is 5.28. The molecule has 0 saturated carbocycles. The van der Waals surface area contributed by atoms with Crippen LogP contribution in [-0.2, 0) is 4.74 Å². The predicted molar refractivity (Wildman–Crippen MR) is 88.0 cm³/mol. The van der Waals surface area contributed by atoms with Crippen LogP contribution in [-0.4, -0.2) is 35.4 Å². The van der Waals surface area contributed by atoms with Gasteiger partial charge in [0.15, 0.2) is 5.69 Å². The minimum Gasteiger partial charge on any atom is -0.383 e. The molecule has 1 aromatic heterocycles. The maximum absolute atomic E-state index is 12.4. The average molecular weight is 315 g/mol. The number of aromatic nitrogens is 2. The maximum atomic E-state index is 12.4. The van der Waals surface area contributed by atoms with Gasteiger partial charge in [-0.15, -0.1) is 0 Å². The van der Waals surface area contributed by atoms with Gasteiger partial charge in [-0.2, -0.15) is 5.10 Å². The quantitative estimate of drug-likeness (QED) is 0.880. The fraction of sp³-hybridized carbons (Fsp3) is 0.353. The van der Waals surface area contributed by atoms with Gasteiger partial charge in [0.2, 0.25) is 5.43 Å². The molecule has 1 aromatic carbocycles. The second-order valence-corrected chi connectivity index (χ2v) is 5.28. The minimum absolute atomic E-state index is 0.117. The Balaban J connectivity index is 2.36. The van der Waals surface area contributed by atoms with Crippen LogP contribution in [0.2, 0.25) is 0 Å². The third-order valence-electron chi connectivity index (χ3n) is 3.52. The number of hydrogen-bond acceptors (Lipinski definition) is 4. The third-order valence-corrected chi connectivity index (χ3v) is 3.52. The molecule has 1 amide bonds. The van der Waals surface area contributed by atoms with Crippen molar-refractivity contribution in [3.63, 3.8) is 0 Å². The molecule has 2 rings (SSSR count). The Morgan fingerprint density at radius 1 is 1.35 bits per heavy atom. The number of para-hydroxylation sites is 1. The van der Waals surface area contributed by atoms with Crippen LogP contribution in [0.15, 0.2) is 41.2 Å². The van der Waals surface area contributed by atoms with Crippen molar-refractivity contribution < 1.29 is 9.53 Å². The molecule has 0 radical (unpaired) electrons. The molecular formula is C17H21N3O3. The number of aryl methyl sites for hydroxylation is 1. The number of ether oxygens (including phenoxy) is 1. The van der Waals surface area contributed by atoms with Gasteiger partial charge >= 0.3 is 0 Å². The Kier molecular flexibility index (Phi) is 5.65. The lowest BCUT2D eigenvalue weighted by Crippen LogP contribution is -2.40. The van der Waals surface area contributed by atoms with Crippen molar-refractivity contribution in [1.29, 1.82) is 0 Å². The van der Waals surface area contributed by atoms with E-state index in [0.29, 0.717) is 18.7 Å². The van der Waals surface area contributed by atoms with Crippen molar-refractivity contribution in [3.8, 4) is 5.69 Å². The van der Waals surface area contributed by atoms with E-state index in [9.17, 15) is 9.59 Å². The molecule has 1 N–H and O–H groups in total. The molecule has 23 heavy (non-hydrogen) atoms. The van der Waals surface area contributed by atoms with Crippen LogP contribution in [0.1, 0.15) is 29.5 Å². The van der Waals surface area contributed by atoms with Gasteiger partial charge in [-0.1, -0.05) is 25.1 Å². The molecule has 2 aromatic rings. The van der Waals surface area contributed by atoms with Crippen molar-refractivity contribution >= 4 is 5.91 Å². The number of nitrogens with one attached hydrogen (secondary N) is 1. The average Bonchev–Trinajstić information content (AvgIpc) is 2.55. The summed E-state index contributed by atoms with van der Waals surface area (Å²) >= 11 is 0. The van der Waals surface area contributed by atoms with Crippen molar-refractivity contribution in [2.45, 2.75) is 26.3 Å². The maximum Gasteiger partial charge on any atom is 0.276 e. The van der Waals surface area contributed by atoms with Crippen LogP contribution < -0.4 is 10.7 Å². The smallest absolute Gasteiger partial charge is 0.276 e. The van der Waals surface area contributed by atoms with E-state index in [1.807, 2.05) is 37.3 Å². The van der Waals surface area contributed by atoms with Gasteiger partial charge in [-0.3, -0.25) is 9.59 Å². The molecule has 0 spiro atoms. The van der Waals surface area contributed by atoms with E-state index in [0.717, 1.165) is 5.69 Å². The lowest BCUT2D eigenvalue weighted by atomic mass is 10.2. The Morgan fingerprint density at radius 3 is 2.65 bits per heavy atom. The van der Waals surface area contributed by atoms with Gasteiger partial charge in [0.1, 0.15) is 0 Å². The number of carbonyl (C=O) groups excluding carboxylic acids is 1. The summed E-state index contributed by atoms with van der Waals surface area (Å²) < 4.78 is 6.65. The Bertz CT molecular complexity index is 726. The molecule has 122 valence electrons. The van der Waals surface area contributed by atoms with Gasteiger partial charge in [0.25, 0.3) is 5.91 Å². The number of amides is 1. The van der Waals surface area contributed by atoms with Crippen LogP contribution >= 0.6 is 0 Å². The highest BCUT2D eigenvalue weighted by Crippen LogP contribution is 2.08. The second kappa shape index (κ2) is 7.69. The predicted octanol–water partition coefficient (Wildman–Crippen LogP) is 1.70. The normalized spacial score (nSPS) is 12.0. The third kappa shape index (κ3) is 4.04. The van der Waals surface area contributed by atoms with Crippen LogP contribution in [0.25, 0.3) is 5.69 Å². The summed E-state index contributed by atoms with van der Waals surface area (Å²) in [6, 6.07) is 10.6. The fourth-order valence-electron chi connectivity index (χ4n) is 2.25. The molecule has 1 unspecified atom stereocenters. The van der Waals surface area contributed by atoms with Crippen LogP contribution in [0.4, 0.5) is 0 Å². The Hall–Kier alpha value is -2.47. The number of hydrogen-bond donors (Lipinski definition) is 1. The van der Waals surface area contributed by atoms with Gasteiger partial charge in [-0.05, 0) is 25.5 Å². The first-order valence-electron chi connectivity index (χ1n) is 7.53. The van der Waals surface area contributed by atoms with Crippen molar-refractivity contribution in [3.05, 3.63) is 58.0 Å². The first kappa shape index (κ1) is 16.9. The standard InChI is InChI=1S/C17H21N3O3/c1-4-13(11-23-3)18-17(22)16-15(21)10-12(2)20(19-16)14-8-6-5-7-9-14/h5-10,13H,4,11H2,1-3H3,(H,18,22). The van der Waals surface area contributed by atoms with E-state index in [1.165, 1.54) is 6.07 Å². The fourth-order valence-corrected chi connectivity index (χ4v) is 2.25. The first-order chi connectivity index (χ1) is 11.1. The molecule has 0 saturated heterocycles. The van der Waals surface area contributed by atoms with Crippen LogP contribution in [0.3, 0.4) is 0 Å². The topological polar surface area (TPSA) is 73.2 Å². The van der Waals surface area contributed by atoms with E-state index >= 15 is 0 Å². The monoisotopic (exact) mass is 315 g/mol.